The molecule has 5 nitrogen and oxygen atoms in total. The summed E-state index contributed by atoms with van der Waals surface area (Å²) in [6.45, 7) is 7.70. The number of nitrogens with zero attached hydrogens (tertiary/aromatic N) is 3. The molecule has 0 spiro atoms. The van der Waals surface area contributed by atoms with E-state index in [1.807, 2.05) is 35.9 Å². The molecule has 0 saturated carbocycles. The summed E-state index contributed by atoms with van der Waals surface area (Å²) in [5.74, 6) is -0.966. The number of benzene rings is 2. The Morgan fingerprint density at radius 2 is 1.70 bits per heavy atom. The van der Waals surface area contributed by atoms with Gasteiger partial charge >= 0.3 is 5.97 Å². The molecule has 1 N–H and O–H groups in total. The van der Waals surface area contributed by atoms with Gasteiger partial charge in [-0.05, 0) is 30.7 Å². The molecule has 0 bridgehead atoms. The fourth-order valence-electron chi connectivity index (χ4n) is 3.23. The Labute approximate surface area is 190 Å². The number of rotatable bonds is 2. The van der Waals surface area contributed by atoms with Crippen molar-refractivity contribution in [3.63, 3.8) is 0 Å². The number of carboxylic acids is 1. The number of aromatic nitrogens is 3. The summed E-state index contributed by atoms with van der Waals surface area (Å²) in [6.07, 6.45) is 1.99. The van der Waals surface area contributed by atoms with E-state index in [2.05, 4.69) is 55.5 Å². The van der Waals surface area contributed by atoms with Crippen LogP contribution < -0.4 is 4.57 Å². The number of hydrogen-bond acceptors (Lipinski definition) is 2. The minimum Gasteiger partial charge on any atom is -0.476 e. The molecule has 30 heavy (non-hydrogen) atoms. The SMILES string of the molecule is Cc1c(C(=O)O)nn(C)c1C.[CH2-]c1ccccc1-c1c2ccccc2cc[n+]1[CH2-].[Ir]. The summed E-state index contributed by atoms with van der Waals surface area (Å²) in [7, 11) is 5.81. The maximum Gasteiger partial charge on any atom is 0.356 e. The van der Waals surface area contributed by atoms with Gasteiger partial charge in [0.1, 0.15) is 0 Å². The van der Waals surface area contributed by atoms with Crippen molar-refractivity contribution in [2.24, 2.45) is 7.05 Å². The fourth-order valence-corrected chi connectivity index (χ4v) is 3.23. The number of aromatic carboxylic acids is 1. The average molecular weight is 579 g/mol. The van der Waals surface area contributed by atoms with Crippen molar-refractivity contribution in [1.82, 2.24) is 9.78 Å². The van der Waals surface area contributed by atoms with Crippen molar-refractivity contribution < 1.29 is 34.6 Å². The smallest absolute Gasteiger partial charge is 0.356 e. The Morgan fingerprint density at radius 1 is 1.07 bits per heavy atom. The van der Waals surface area contributed by atoms with Gasteiger partial charge in [-0.1, -0.05) is 30.3 Å². The van der Waals surface area contributed by atoms with E-state index in [1.165, 1.54) is 10.8 Å². The van der Waals surface area contributed by atoms with Crippen LogP contribution in [-0.4, -0.2) is 20.9 Å². The number of fused-ring (bicyclic) bond motifs is 1. The second-order valence-electron chi connectivity index (χ2n) is 6.87. The van der Waals surface area contributed by atoms with Crippen molar-refractivity contribution in [3.8, 4) is 11.3 Å². The first kappa shape index (κ1) is 23.2. The molecule has 0 saturated heterocycles. The molecular formula is C24H24IrN3O2-. The Kier molecular flexibility index (Phi) is 7.43. The van der Waals surface area contributed by atoms with Crippen LogP contribution in [0.2, 0.25) is 0 Å². The zero-order valence-corrected chi connectivity index (χ0v) is 19.6. The first-order valence-corrected chi connectivity index (χ1v) is 9.20. The van der Waals surface area contributed by atoms with Gasteiger partial charge in [-0.25, -0.2) is 4.79 Å². The van der Waals surface area contributed by atoms with Gasteiger partial charge in [-0.15, -0.1) is 17.7 Å². The van der Waals surface area contributed by atoms with Gasteiger partial charge in [0.15, 0.2) is 5.69 Å². The molecule has 0 aliphatic heterocycles. The zero-order chi connectivity index (χ0) is 21.1. The van der Waals surface area contributed by atoms with Gasteiger partial charge in [0.05, 0.1) is 11.9 Å². The number of carboxylic acid groups (broad SMARTS) is 1. The molecule has 4 aromatic rings. The van der Waals surface area contributed by atoms with Crippen LogP contribution in [0.3, 0.4) is 0 Å². The van der Waals surface area contributed by atoms with Crippen molar-refractivity contribution in [2.75, 3.05) is 0 Å². The van der Waals surface area contributed by atoms with Crippen LogP contribution in [0.1, 0.15) is 27.3 Å². The maximum atomic E-state index is 10.5. The maximum absolute atomic E-state index is 10.5. The monoisotopic (exact) mass is 579 g/mol. The van der Waals surface area contributed by atoms with Crippen LogP contribution in [0.15, 0.2) is 60.8 Å². The van der Waals surface area contributed by atoms with Gasteiger partial charge < -0.3 is 9.67 Å². The standard InChI is InChI=1S/C17H14N.C7H10N2O2.Ir/c1-13-7-3-5-9-15(13)17-16-10-6-4-8-14(16)11-12-18(17)2;1-4-5(2)9(3)8-6(4)7(10)11;/h3-12H,1-2H2;1-3H3,(H,10,11);/q-1;;. The number of aryl methyl sites for hydroxylation is 1. The van der Waals surface area contributed by atoms with Gasteiger partial charge in [-0.3, -0.25) is 4.68 Å². The molecule has 0 aliphatic rings. The largest absolute Gasteiger partial charge is 0.476 e. The molecule has 6 heteroatoms. The quantitative estimate of drug-likeness (QED) is 0.284. The molecule has 2 aromatic carbocycles. The van der Waals surface area contributed by atoms with Crippen LogP contribution in [0.4, 0.5) is 0 Å². The Morgan fingerprint density at radius 3 is 2.27 bits per heavy atom. The van der Waals surface area contributed by atoms with E-state index in [0.29, 0.717) is 0 Å². The van der Waals surface area contributed by atoms with E-state index in [1.54, 1.807) is 18.7 Å². The van der Waals surface area contributed by atoms with Gasteiger partial charge in [0, 0.05) is 45.5 Å². The topological polar surface area (TPSA) is 59.0 Å². The molecule has 2 aromatic heterocycles. The molecule has 0 unspecified atom stereocenters. The molecule has 0 amide bonds. The summed E-state index contributed by atoms with van der Waals surface area (Å²) in [5.41, 5.74) is 5.03. The van der Waals surface area contributed by atoms with E-state index >= 15 is 0 Å². The van der Waals surface area contributed by atoms with Gasteiger partial charge in [0.25, 0.3) is 0 Å². The minimum absolute atomic E-state index is 0. The van der Waals surface area contributed by atoms with Crippen LogP contribution in [-0.2, 0) is 27.2 Å². The first-order valence-electron chi connectivity index (χ1n) is 9.20. The molecule has 0 atom stereocenters. The van der Waals surface area contributed by atoms with Gasteiger partial charge in [0.2, 0.25) is 0 Å². The van der Waals surface area contributed by atoms with E-state index in [9.17, 15) is 4.79 Å². The van der Waals surface area contributed by atoms with Crippen molar-refractivity contribution in [3.05, 3.63) is 97.3 Å². The Hall–Kier alpha value is -3.08. The second-order valence-corrected chi connectivity index (χ2v) is 6.87. The zero-order valence-electron chi connectivity index (χ0n) is 17.2. The Balaban J connectivity index is 0.000000232. The second kappa shape index (κ2) is 9.61. The third kappa shape index (κ3) is 4.56. The third-order valence-corrected chi connectivity index (χ3v) is 5.05. The molecule has 0 aliphatic carbocycles. The van der Waals surface area contributed by atoms with E-state index in [-0.39, 0.29) is 25.8 Å². The van der Waals surface area contributed by atoms with Crippen molar-refractivity contribution in [2.45, 2.75) is 13.8 Å². The summed E-state index contributed by atoms with van der Waals surface area (Å²) in [5, 5.41) is 14.9. The van der Waals surface area contributed by atoms with E-state index in [4.69, 9.17) is 5.11 Å². The number of pyridine rings is 1. The Bertz CT molecular complexity index is 1200. The van der Waals surface area contributed by atoms with Crippen LogP contribution >= 0.6 is 0 Å². The predicted molar refractivity (Wildman–Crippen MR) is 114 cm³/mol. The van der Waals surface area contributed by atoms with Gasteiger partial charge in [-0.2, -0.15) is 23.7 Å². The van der Waals surface area contributed by atoms with E-state index < -0.39 is 5.97 Å². The molecular weight excluding hydrogens is 555 g/mol. The summed E-state index contributed by atoms with van der Waals surface area (Å²) in [6, 6.07) is 18.6. The average Bonchev–Trinajstić information content (AvgIpc) is 2.97. The first-order chi connectivity index (χ1) is 13.8. The summed E-state index contributed by atoms with van der Waals surface area (Å²) in [4.78, 5) is 10.5. The molecule has 2 heterocycles. The van der Waals surface area contributed by atoms with Crippen LogP contribution in [0.5, 0.6) is 0 Å². The molecule has 157 valence electrons. The van der Waals surface area contributed by atoms with Crippen LogP contribution in [0.25, 0.3) is 22.0 Å². The molecule has 0 fully saturated rings. The third-order valence-electron chi connectivity index (χ3n) is 5.05. The summed E-state index contributed by atoms with van der Waals surface area (Å²) >= 11 is 0. The normalized spacial score (nSPS) is 10.1. The molecule has 1 radical (unpaired) electrons. The number of hydrogen-bond donors (Lipinski definition) is 1. The van der Waals surface area contributed by atoms with Crippen molar-refractivity contribution in [1.29, 1.82) is 0 Å². The molecule has 4 rings (SSSR count). The van der Waals surface area contributed by atoms with Crippen molar-refractivity contribution >= 4 is 16.7 Å². The van der Waals surface area contributed by atoms with Crippen LogP contribution in [0, 0.1) is 27.8 Å². The van der Waals surface area contributed by atoms with E-state index in [0.717, 1.165) is 28.1 Å². The fraction of sp³-hybridized carbons (Fsp3) is 0.125. The summed E-state index contributed by atoms with van der Waals surface area (Å²) < 4.78 is 3.48. The predicted octanol–water partition coefficient (Wildman–Crippen LogP) is 4.35. The number of carbonyl (C=O) groups is 1. The minimum atomic E-state index is -0.966.